The van der Waals surface area contributed by atoms with Crippen LogP contribution in [0.1, 0.15) is 21.7 Å². The number of aryl methyl sites for hydroxylation is 1. The highest BCUT2D eigenvalue weighted by atomic mass is 19.1. The molecule has 0 fully saturated rings. The first kappa shape index (κ1) is 12.2. The fourth-order valence-corrected chi connectivity index (χ4v) is 1.49. The minimum Gasteiger partial charge on any atom is -0.347 e. The van der Waals surface area contributed by atoms with Gasteiger partial charge in [0.25, 0.3) is 5.91 Å². The molecule has 6 heteroatoms. The third kappa shape index (κ3) is 2.53. The van der Waals surface area contributed by atoms with Gasteiger partial charge in [-0.2, -0.15) is 0 Å². The maximum Gasteiger partial charge on any atom is 0.254 e. The van der Waals surface area contributed by atoms with E-state index < -0.39 is 17.5 Å². The number of carbonyl (C=O) groups is 1. The number of benzene rings is 1. The van der Waals surface area contributed by atoms with Gasteiger partial charge in [0.15, 0.2) is 0 Å². The smallest absolute Gasteiger partial charge is 0.254 e. The van der Waals surface area contributed by atoms with Crippen LogP contribution in [0.5, 0.6) is 0 Å². The van der Waals surface area contributed by atoms with E-state index in [9.17, 15) is 13.6 Å². The molecule has 0 aliphatic carbocycles. The van der Waals surface area contributed by atoms with E-state index in [2.05, 4.69) is 15.3 Å². The zero-order valence-electron chi connectivity index (χ0n) is 9.63. The van der Waals surface area contributed by atoms with Crippen LogP contribution in [0.4, 0.5) is 8.78 Å². The summed E-state index contributed by atoms with van der Waals surface area (Å²) in [4.78, 5) is 18.4. The molecule has 0 aliphatic heterocycles. The molecular weight excluding hydrogens is 240 g/mol. The van der Waals surface area contributed by atoms with Crippen molar-refractivity contribution in [2.75, 3.05) is 0 Å². The molecule has 2 aromatic rings. The Kier molecular flexibility index (Phi) is 3.36. The van der Waals surface area contributed by atoms with Gasteiger partial charge >= 0.3 is 0 Å². The van der Waals surface area contributed by atoms with Crippen LogP contribution in [-0.4, -0.2) is 15.9 Å². The zero-order chi connectivity index (χ0) is 13.1. The number of halogens is 2. The number of amides is 1. The Balaban J connectivity index is 2.11. The summed E-state index contributed by atoms with van der Waals surface area (Å²) in [5.41, 5.74) is 0.0417. The third-order valence-corrected chi connectivity index (χ3v) is 2.46. The minimum atomic E-state index is -0.880. The van der Waals surface area contributed by atoms with Gasteiger partial charge in [0, 0.05) is 18.5 Å². The number of nitrogens with zero attached hydrogens (tertiary/aromatic N) is 1. The minimum absolute atomic E-state index is 0.154. The highest BCUT2D eigenvalue weighted by Gasteiger charge is 2.14. The Bertz CT molecular complexity index is 567. The van der Waals surface area contributed by atoms with E-state index in [0.29, 0.717) is 11.9 Å². The largest absolute Gasteiger partial charge is 0.347 e. The van der Waals surface area contributed by atoms with Gasteiger partial charge < -0.3 is 10.3 Å². The van der Waals surface area contributed by atoms with Gasteiger partial charge in [-0.1, -0.05) is 0 Å². The van der Waals surface area contributed by atoms with Crippen LogP contribution in [0.2, 0.25) is 0 Å². The highest BCUT2D eigenvalue weighted by Crippen LogP contribution is 2.14. The molecule has 0 unspecified atom stereocenters. The number of imidazole rings is 1. The predicted octanol–water partition coefficient (Wildman–Crippen LogP) is 1.93. The van der Waals surface area contributed by atoms with Crippen molar-refractivity contribution in [2.24, 2.45) is 0 Å². The number of aromatic amines is 1. The maximum atomic E-state index is 13.4. The van der Waals surface area contributed by atoms with Crippen molar-refractivity contribution in [3.8, 4) is 0 Å². The van der Waals surface area contributed by atoms with E-state index >= 15 is 0 Å². The van der Waals surface area contributed by atoms with E-state index in [1.165, 1.54) is 13.0 Å². The Hall–Kier alpha value is -2.24. The van der Waals surface area contributed by atoms with Gasteiger partial charge in [-0.3, -0.25) is 4.79 Å². The first-order valence-electron chi connectivity index (χ1n) is 5.30. The molecule has 0 aliphatic rings. The Morgan fingerprint density at radius 2 is 2.17 bits per heavy atom. The molecule has 0 saturated heterocycles. The first-order valence-corrected chi connectivity index (χ1v) is 5.30. The predicted molar refractivity (Wildman–Crippen MR) is 60.9 cm³/mol. The van der Waals surface area contributed by atoms with Crippen molar-refractivity contribution in [3.05, 3.63) is 53.1 Å². The SMILES string of the molecule is Cc1cc(C(=O)NCc2ncc[nH]2)c(F)cc1F. The van der Waals surface area contributed by atoms with Crippen LogP contribution in [0, 0.1) is 18.6 Å². The van der Waals surface area contributed by atoms with E-state index in [4.69, 9.17) is 0 Å². The molecule has 1 aromatic carbocycles. The molecule has 1 heterocycles. The van der Waals surface area contributed by atoms with Crippen molar-refractivity contribution < 1.29 is 13.6 Å². The number of hydrogen-bond donors (Lipinski definition) is 2. The fourth-order valence-electron chi connectivity index (χ4n) is 1.49. The second kappa shape index (κ2) is 4.95. The van der Waals surface area contributed by atoms with Gasteiger partial charge in [0.2, 0.25) is 0 Å². The lowest BCUT2D eigenvalue weighted by Gasteiger charge is -2.06. The summed E-state index contributed by atoms with van der Waals surface area (Å²) >= 11 is 0. The molecular formula is C12H11F2N3O. The Morgan fingerprint density at radius 1 is 1.39 bits per heavy atom. The van der Waals surface area contributed by atoms with Gasteiger partial charge in [0.1, 0.15) is 17.5 Å². The summed E-state index contributed by atoms with van der Waals surface area (Å²) in [6.07, 6.45) is 3.16. The first-order chi connectivity index (χ1) is 8.58. The van der Waals surface area contributed by atoms with Crippen LogP contribution in [0.15, 0.2) is 24.5 Å². The van der Waals surface area contributed by atoms with Crippen LogP contribution < -0.4 is 5.32 Å². The molecule has 4 nitrogen and oxygen atoms in total. The van der Waals surface area contributed by atoms with Crippen molar-refractivity contribution >= 4 is 5.91 Å². The quantitative estimate of drug-likeness (QED) is 0.875. The third-order valence-electron chi connectivity index (χ3n) is 2.46. The average Bonchev–Trinajstić information content (AvgIpc) is 2.84. The molecule has 0 atom stereocenters. The number of rotatable bonds is 3. The van der Waals surface area contributed by atoms with E-state index in [0.717, 1.165) is 0 Å². The number of aromatic nitrogens is 2. The molecule has 1 amide bonds. The molecule has 2 rings (SSSR count). The second-order valence-electron chi connectivity index (χ2n) is 3.80. The number of carbonyl (C=O) groups excluding carboxylic acids is 1. The zero-order valence-corrected chi connectivity index (χ0v) is 9.63. The van der Waals surface area contributed by atoms with Gasteiger partial charge in [-0.05, 0) is 18.6 Å². The van der Waals surface area contributed by atoms with Crippen molar-refractivity contribution in [3.63, 3.8) is 0 Å². The van der Waals surface area contributed by atoms with Crippen molar-refractivity contribution in [2.45, 2.75) is 13.5 Å². The molecule has 0 radical (unpaired) electrons. The molecule has 1 aromatic heterocycles. The monoisotopic (exact) mass is 251 g/mol. The summed E-state index contributed by atoms with van der Waals surface area (Å²) in [7, 11) is 0. The van der Waals surface area contributed by atoms with Gasteiger partial charge in [0.05, 0.1) is 12.1 Å². The summed E-state index contributed by atoms with van der Waals surface area (Å²) in [6.45, 7) is 1.62. The number of hydrogen-bond acceptors (Lipinski definition) is 2. The Labute approximate surface area is 102 Å². The van der Waals surface area contributed by atoms with Gasteiger partial charge in [-0.25, -0.2) is 13.8 Å². The molecule has 0 bridgehead atoms. The lowest BCUT2D eigenvalue weighted by Crippen LogP contribution is -2.24. The van der Waals surface area contributed by atoms with Crippen LogP contribution >= 0.6 is 0 Å². The molecule has 94 valence electrons. The fraction of sp³-hybridized carbons (Fsp3) is 0.167. The van der Waals surface area contributed by atoms with Crippen LogP contribution in [0.25, 0.3) is 0 Å². The maximum absolute atomic E-state index is 13.4. The highest BCUT2D eigenvalue weighted by molar-refractivity contribution is 5.94. The van der Waals surface area contributed by atoms with E-state index in [1.54, 1.807) is 12.4 Å². The van der Waals surface area contributed by atoms with Crippen molar-refractivity contribution in [1.82, 2.24) is 15.3 Å². The molecule has 18 heavy (non-hydrogen) atoms. The van der Waals surface area contributed by atoms with Crippen LogP contribution in [0.3, 0.4) is 0 Å². The lowest BCUT2D eigenvalue weighted by atomic mass is 10.1. The molecule has 0 spiro atoms. The summed E-state index contributed by atoms with van der Waals surface area (Å²) in [5.74, 6) is -1.60. The van der Waals surface area contributed by atoms with Gasteiger partial charge in [-0.15, -0.1) is 0 Å². The number of nitrogens with one attached hydrogen (secondary N) is 2. The molecule has 0 saturated carbocycles. The summed E-state index contributed by atoms with van der Waals surface area (Å²) in [6, 6.07) is 1.89. The molecule has 2 N–H and O–H groups in total. The summed E-state index contributed by atoms with van der Waals surface area (Å²) < 4.78 is 26.5. The topological polar surface area (TPSA) is 57.8 Å². The summed E-state index contributed by atoms with van der Waals surface area (Å²) in [5, 5.41) is 2.49. The lowest BCUT2D eigenvalue weighted by molar-refractivity contribution is 0.0945. The van der Waals surface area contributed by atoms with E-state index in [-0.39, 0.29) is 17.7 Å². The standard InChI is InChI=1S/C12H11F2N3O/c1-7-4-8(10(14)5-9(7)13)12(18)17-6-11-15-2-3-16-11/h2-5H,6H2,1H3,(H,15,16)(H,17,18). The van der Waals surface area contributed by atoms with E-state index in [1.807, 2.05) is 0 Å². The normalized spacial score (nSPS) is 10.4. The number of H-pyrrole nitrogens is 1. The van der Waals surface area contributed by atoms with Crippen LogP contribution in [-0.2, 0) is 6.54 Å². The Morgan fingerprint density at radius 3 is 2.83 bits per heavy atom. The van der Waals surface area contributed by atoms with Crippen molar-refractivity contribution in [1.29, 1.82) is 0 Å². The average molecular weight is 251 g/mol. The second-order valence-corrected chi connectivity index (χ2v) is 3.80.